The summed E-state index contributed by atoms with van der Waals surface area (Å²) >= 11 is 0. The van der Waals surface area contributed by atoms with Gasteiger partial charge in [0.25, 0.3) is 0 Å². The summed E-state index contributed by atoms with van der Waals surface area (Å²) in [7, 11) is 0. The number of likely N-dealkylation sites (N-methyl/N-ethyl adjacent to an activating group) is 1. The summed E-state index contributed by atoms with van der Waals surface area (Å²) in [6, 6.07) is 9.39. The van der Waals surface area contributed by atoms with Crippen LogP contribution in [-0.2, 0) is 5.41 Å². The second kappa shape index (κ2) is 3.01. The molecule has 0 saturated carbocycles. The largest absolute Gasteiger partial charge is 0.368 e. The van der Waals surface area contributed by atoms with Crippen LogP contribution in [0.4, 0.5) is 5.69 Å². The van der Waals surface area contributed by atoms with Crippen molar-refractivity contribution in [2.45, 2.75) is 39.2 Å². The fourth-order valence-electron chi connectivity index (χ4n) is 2.54. The van der Waals surface area contributed by atoms with Gasteiger partial charge < -0.3 is 4.90 Å². The van der Waals surface area contributed by atoms with Crippen LogP contribution in [0.15, 0.2) is 24.3 Å². The van der Waals surface area contributed by atoms with E-state index < -0.39 is 0 Å². The Bertz CT molecular complexity index is 341. The molecule has 1 unspecified atom stereocenters. The Morgan fingerprint density at radius 1 is 1.29 bits per heavy atom. The van der Waals surface area contributed by atoms with Gasteiger partial charge in [-0.3, -0.25) is 0 Å². The lowest BCUT2D eigenvalue weighted by Gasteiger charge is -2.30. The van der Waals surface area contributed by atoms with Gasteiger partial charge >= 0.3 is 0 Å². The Labute approximate surface area is 86.7 Å². The highest BCUT2D eigenvalue weighted by atomic mass is 15.2. The monoisotopic (exact) mass is 189 g/mol. The van der Waals surface area contributed by atoms with E-state index in [9.17, 15) is 0 Å². The van der Waals surface area contributed by atoms with Crippen molar-refractivity contribution >= 4 is 5.69 Å². The molecule has 0 radical (unpaired) electrons. The zero-order valence-corrected chi connectivity index (χ0v) is 9.54. The van der Waals surface area contributed by atoms with Crippen LogP contribution in [0.2, 0.25) is 0 Å². The van der Waals surface area contributed by atoms with Crippen molar-refractivity contribution in [3.8, 4) is 0 Å². The predicted molar refractivity (Wildman–Crippen MR) is 62.0 cm³/mol. The maximum atomic E-state index is 2.50. The second-order valence-electron chi connectivity index (χ2n) is 4.70. The molecule has 0 aliphatic carbocycles. The molecule has 2 rings (SSSR count). The minimum Gasteiger partial charge on any atom is -0.368 e. The van der Waals surface area contributed by atoms with E-state index in [1.165, 1.54) is 11.3 Å². The Balaban J connectivity index is 2.57. The first kappa shape index (κ1) is 9.57. The van der Waals surface area contributed by atoms with E-state index in [2.05, 4.69) is 56.9 Å². The van der Waals surface area contributed by atoms with E-state index in [0.29, 0.717) is 6.04 Å². The molecular weight excluding hydrogens is 170 g/mol. The van der Waals surface area contributed by atoms with Gasteiger partial charge in [0.1, 0.15) is 0 Å². The van der Waals surface area contributed by atoms with E-state index in [-0.39, 0.29) is 5.41 Å². The van der Waals surface area contributed by atoms with Crippen molar-refractivity contribution in [1.82, 2.24) is 0 Å². The van der Waals surface area contributed by atoms with E-state index in [0.717, 1.165) is 6.54 Å². The van der Waals surface area contributed by atoms with Crippen molar-refractivity contribution in [2.24, 2.45) is 0 Å². The van der Waals surface area contributed by atoms with Gasteiger partial charge in [0.05, 0.1) is 0 Å². The molecule has 1 heteroatoms. The number of anilines is 1. The van der Waals surface area contributed by atoms with Gasteiger partial charge in [0.15, 0.2) is 0 Å². The first-order valence-electron chi connectivity index (χ1n) is 5.45. The first-order valence-corrected chi connectivity index (χ1v) is 5.45. The van der Waals surface area contributed by atoms with Crippen molar-refractivity contribution in [2.75, 3.05) is 11.4 Å². The Morgan fingerprint density at radius 3 is 2.57 bits per heavy atom. The molecule has 1 aliphatic heterocycles. The molecule has 1 nitrogen and oxygen atoms in total. The van der Waals surface area contributed by atoms with Crippen LogP contribution in [0.3, 0.4) is 0 Å². The lowest BCUT2D eigenvalue weighted by atomic mass is 9.81. The molecule has 0 spiro atoms. The second-order valence-corrected chi connectivity index (χ2v) is 4.70. The fraction of sp³-hybridized carbons (Fsp3) is 0.538. The number of benzene rings is 1. The smallest absolute Gasteiger partial charge is 0.0407 e. The lowest BCUT2D eigenvalue weighted by Crippen LogP contribution is -2.38. The molecule has 1 atom stereocenters. The van der Waals surface area contributed by atoms with E-state index in [4.69, 9.17) is 0 Å². The zero-order valence-electron chi connectivity index (χ0n) is 9.54. The van der Waals surface area contributed by atoms with Crippen LogP contribution in [0.5, 0.6) is 0 Å². The summed E-state index contributed by atoms with van der Waals surface area (Å²) in [5.74, 6) is 0. The minimum atomic E-state index is 0.284. The molecule has 1 aromatic rings. The first-order chi connectivity index (χ1) is 6.59. The molecule has 0 aromatic heterocycles. The number of hydrogen-bond acceptors (Lipinski definition) is 1. The number of para-hydroxylation sites is 1. The molecule has 1 aromatic carbocycles. The van der Waals surface area contributed by atoms with Crippen molar-refractivity contribution in [3.63, 3.8) is 0 Å². The summed E-state index contributed by atoms with van der Waals surface area (Å²) in [5, 5.41) is 0. The standard InChI is InChI=1S/C13H19N/c1-5-14-10(2)13(3,4)11-8-6-7-9-12(11)14/h6-10H,5H2,1-4H3. The van der Waals surface area contributed by atoms with E-state index in [1.54, 1.807) is 0 Å². The highest BCUT2D eigenvalue weighted by Gasteiger charge is 2.40. The van der Waals surface area contributed by atoms with Gasteiger partial charge in [-0.15, -0.1) is 0 Å². The normalized spacial score (nSPS) is 23.7. The Kier molecular flexibility index (Phi) is 2.06. The highest BCUT2D eigenvalue weighted by Crippen LogP contribution is 2.44. The van der Waals surface area contributed by atoms with E-state index in [1.807, 2.05) is 0 Å². The molecule has 76 valence electrons. The Hall–Kier alpha value is -0.980. The van der Waals surface area contributed by atoms with Crippen LogP contribution >= 0.6 is 0 Å². The van der Waals surface area contributed by atoms with Crippen LogP contribution in [0.25, 0.3) is 0 Å². The molecule has 0 fully saturated rings. The summed E-state index contributed by atoms with van der Waals surface area (Å²) in [5.41, 5.74) is 3.20. The van der Waals surface area contributed by atoms with Gasteiger partial charge in [0, 0.05) is 23.7 Å². The third-order valence-corrected chi connectivity index (χ3v) is 3.76. The SMILES string of the molecule is CCN1c2ccccc2C(C)(C)C1C. The highest BCUT2D eigenvalue weighted by molar-refractivity contribution is 5.63. The number of rotatable bonds is 1. The summed E-state index contributed by atoms with van der Waals surface area (Å²) in [4.78, 5) is 2.50. The third-order valence-electron chi connectivity index (χ3n) is 3.76. The Morgan fingerprint density at radius 2 is 1.93 bits per heavy atom. The molecular formula is C13H19N. The molecule has 1 aliphatic rings. The molecule has 0 bridgehead atoms. The van der Waals surface area contributed by atoms with E-state index >= 15 is 0 Å². The van der Waals surface area contributed by atoms with Gasteiger partial charge in [0.2, 0.25) is 0 Å². The maximum Gasteiger partial charge on any atom is 0.0407 e. The third kappa shape index (κ3) is 1.08. The van der Waals surface area contributed by atoms with Crippen molar-refractivity contribution < 1.29 is 0 Å². The van der Waals surface area contributed by atoms with Crippen molar-refractivity contribution in [3.05, 3.63) is 29.8 Å². The maximum absolute atomic E-state index is 2.50. The molecule has 14 heavy (non-hydrogen) atoms. The molecule has 0 saturated heterocycles. The summed E-state index contributed by atoms with van der Waals surface area (Å²) in [6.07, 6.45) is 0. The summed E-state index contributed by atoms with van der Waals surface area (Å²) < 4.78 is 0. The van der Waals surface area contributed by atoms with Gasteiger partial charge in [-0.2, -0.15) is 0 Å². The minimum absolute atomic E-state index is 0.284. The average Bonchev–Trinajstić information content (AvgIpc) is 2.37. The predicted octanol–water partition coefficient (Wildman–Crippen LogP) is 3.19. The van der Waals surface area contributed by atoms with Crippen LogP contribution in [0.1, 0.15) is 33.3 Å². The van der Waals surface area contributed by atoms with Gasteiger partial charge in [-0.1, -0.05) is 32.0 Å². The lowest BCUT2D eigenvalue weighted by molar-refractivity contribution is 0.445. The summed E-state index contributed by atoms with van der Waals surface area (Å²) in [6.45, 7) is 10.3. The quantitative estimate of drug-likeness (QED) is 0.655. The van der Waals surface area contributed by atoms with Gasteiger partial charge in [-0.05, 0) is 25.5 Å². The fourth-order valence-corrected chi connectivity index (χ4v) is 2.54. The topological polar surface area (TPSA) is 3.24 Å². The number of fused-ring (bicyclic) bond motifs is 1. The van der Waals surface area contributed by atoms with Crippen LogP contribution in [0, 0.1) is 0 Å². The molecule has 0 amide bonds. The van der Waals surface area contributed by atoms with Crippen LogP contribution < -0.4 is 4.90 Å². The van der Waals surface area contributed by atoms with Crippen molar-refractivity contribution in [1.29, 1.82) is 0 Å². The van der Waals surface area contributed by atoms with Gasteiger partial charge in [-0.25, -0.2) is 0 Å². The number of hydrogen-bond donors (Lipinski definition) is 0. The van der Waals surface area contributed by atoms with Crippen LogP contribution in [-0.4, -0.2) is 12.6 Å². The molecule has 0 N–H and O–H groups in total. The zero-order chi connectivity index (χ0) is 10.3. The molecule has 1 heterocycles. The number of nitrogens with zero attached hydrogens (tertiary/aromatic N) is 1. The average molecular weight is 189 g/mol.